The first-order valence-corrected chi connectivity index (χ1v) is 8.41. The zero-order valence-electron chi connectivity index (χ0n) is 13.0. The quantitative estimate of drug-likeness (QED) is 0.387. The Morgan fingerprint density at radius 1 is 1.21 bits per heavy atom. The van der Waals surface area contributed by atoms with Crippen LogP contribution in [0.25, 0.3) is 11.0 Å². The van der Waals surface area contributed by atoms with E-state index >= 15 is 0 Å². The molecule has 0 spiro atoms. The molecule has 0 radical (unpaired) electrons. The van der Waals surface area contributed by atoms with Gasteiger partial charge in [-0.25, -0.2) is 4.98 Å². The highest BCUT2D eigenvalue weighted by Gasteiger charge is 2.09. The molecule has 0 bridgehead atoms. The van der Waals surface area contributed by atoms with E-state index in [0.29, 0.717) is 19.4 Å². The van der Waals surface area contributed by atoms with E-state index < -0.39 is 0 Å². The lowest BCUT2D eigenvalue weighted by Gasteiger charge is -2.06. The molecule has 0 atom stereocenters. The lowest BCUT2D eigenvalue weighted by atomic mass is 10.1. The van der Waals surface area contributed by atoms with Crippen molar-refractivity contribution in [2.24, 2.45) is 5.10 Å². The van der Waals surface area contributed by atoms with Gasteiger partial charge in [-0.15, -0.1) is 0 Å². The molecule has 1 heterocycles. The second-order valence-corrected chi connectivity index (χ2v) is 6.17. The fourth-order valence-corrected chi connectivity index (χ4v) is 2.62. The van der Waals surface area contributed by atoms with Gasteiger partial charge in [-0.05, 0) is 29.8 Å². The fourth-order valence-electron chi connectivity index (χ4n) is 2.36. The Bertz CT molecular complexity index is 857. The molecule has 0 unspecified atom stereocenters. The van der Waals surface area contributed by atoms with Crippen LogP contribution < -0.4 is 5.43 Å². The number of hydrogen-bond acceptors (Lipinski definition) is 4. The molecule has 0 amide bonds. The van der Waals surface area contributed by atoms with E-state index in [9.17, 15) is 0 Å². The van der Waals surface area contributed by atoms with Crippen LogP contribution >= 0.6 is 15.9 Å². The molecule has 0 aliphatic carbocycles. The van der Waals surface area contributed by atoms with Crippen LogP contribution in [0.2, 0.25) is 0 Å². The van der Waals surface area contributed by atoms with Crippen LogP contribution in [0.5, 0.6) is 0 Å². The van der Waals surface area contributed by atoms with E-state index in [-0.39, 0.29) is 0 Å². The Morgan fingerprint density at radius 2 is 2.00 bits per heavy atom. The van der Waals surface area contributed by atoms with Gasteiger partial charge in [0.15, 0.2) is 0 Å². The third-order valence-electron chi connectivity index (χ3n) is 3.51. The molecule has 5 nitrogen and oxygen atoms in total. The number of nitriles is 1. The largest absolute Gasteiger partial charge is 0.342 e. The average Bonchev–Trinajstić information content (AvgIpc) is 3.01. The van der Waals surface area contributed by atoms with Crippen molar-refractivity contribution in [2.75, 3.05) is 6.54 Å². The summed E-state index contributed by atoms with van der Waals surface area (Å²) in [5, 5.41) is 13.1. The van der Waals surface area contributed by atoms with Crippen LogP contribution in [0.15, 0.2) is 58.1 Å². The summed E-state index contributed by atoms with van der Waals surface area (Å²) in [6.07, 6.45) is 0.998. The first-order valence-electron chi connectivity index (χ1n) is 7.62. The van der Waals surface area contributed by atoms with Crippen molar-refractivity contribution in [3.8, 4) is 6.07 Å². The number of H-pyrrole nitrogens is 1. The highest BCUT2D eigenvalue weighted by molar-refractivity contribution is 9.10. The van der Waals surface area contributed by atoms with E-state index in [0.717, 1.165) is 32.6 Å². The maximum absolute atomic E-state index is 8.64. The summed E-state index contributed by atoms with van der Waals surface area (Å²) in [4.78, 5) is 7.94. The molecule has 6 heteroatoms. The van der Waals surface area contributed by atoms with E-state index in [1.54, 1.807) is 0 Å². The summed E-state index contributed by atoms with van der Waals surface area (Å²) in [5.41, 5.74) is 6.82. The van der Waals surface area contributed by atoms with Gasteiger partial charge in [0.25, 0.3) is 0 Å². The van der Waals surface area contributed by atoms with Crippen molar-refractivity contribution in [1.82, 2.24) is 15.4 Å². The first kappa shape index (κ1) is 16.2. The van der Waals surface area contributed by atoms with Crippen LogP contribution in [0.1, 0.15) is 17.8 Å². The van der Waals surface area contributed by atoms with Crippen molar-refractivity contribution in [2.45, 2.75) is 12.8 Å². The minimum absolute atomic E-state index is 0.418. The maximum atomic E-state index is 8.64. The molecule has 3 aromatic rings. The summed E-state index contributed by atoms with van der Waals surface area (Å²) in [6, 6.07) is 18.0. The number of fused-ring (bicyclic) bond motifs is 1. The van der Waals surface area contributed by atoms with Crippen molar-refractivity contribution in [3.63, 3.8) is 0 Å². The van der Waals surface area contributed by atoms with Crippen LogP contribution in [0, 0.1) is 11.3 Å². The number of nitrogens with zero attached hydrogens (tertiary/aromatic N) is 3. The highest BCUT2D eigenvalue weighted by atomic mass is 79.9. The molecule has 120 valence electrons. The monoisotopic (exact) mass is 381 g/mol. The summed E-state index contributed by atoms with van der Waals surface area (Å²) < 4.78 is 1.02. The molecule has 1 aromatic heterocycles. The van der Waals surface area contributed by atoms with Gasteiger partial charge in [0.05, 0.1) is 35.7 Å². The Kier molecular flexibility index (Phi) is 5.24. The Balaban J connectivity index is 1.85. The molecule has 0 saturated carbocycles. The van der Waals surface area contributed by atoms with Crippen LogP contribution in [-0.4, -0.2) is 22.2 Å². The van der Waals surface area contributed by atoms with Crippen LogP contribution in [-0.2, 0) is 6.42 Å². The number of halogens is 1. The van der Waals surface area contributed by atoms with Gasteiger partial charge in [0.1, 0.15) is 5.82 Å². The fraction of sp³-hybridized carbons (Fsp3) is 0.167. The number of hydrazone groups is 1. The second-order valence-electron chi connectivity index (χ2n) is 5.26. The van der Waals surface area contributed by atoms with Gasteiger partial charge in [-0.2, -0.15) is 10.4 Å². The molecule has 2 aromatic carbocycles. The molecule has 2 N–H and O–H groups in total. The van der Waals surface area contributed by atoms with Gasteiger partial charge in [0.2, 0.25) is 0 Å². The standard InChI is InChI=1S/C18H16BrN5/c19-14-8-6-13(7-9-14)17(24-21-11-3-10-20)12-18-22-15-4-1-2-5-16(15)23-18/h1-2,4-9,21H,3,11-12H2,(H,22,23)/b24-17+. The number of rotatable bonds is 6. The number of imidazole rings is 1. The average molecular weight is 382 g/mol. The number of aromatic nitrogens is 2. The third-order valence-corrected chi connectivity index (χ3v) is 4.04. The smallest absolute Gasteiger partial charge is 0.113 e. The molecule has 0 aliphatic heterocycles. The van der Waals surface area contributed by atoms with E-state index in [2.05, 4.69) is 42.5 Å². The number of benzene rings is 2. The van der Waals surface area contributed by atoms with Gasteiger partial charge in [-0.1, -0.05) is 40.2 Å². The lowest BCUT2D eigenvalue weighted by Crippen LogP contribution is -2.15. The Hall–Kier alpha value is -2.65. The number of aromatic amines is 1. The second kappa shape index (κ2) is 7.75. The van der Waals surface area contributed by atoms with Crippen molar-refractivity contribution in [1.29, 1.82) is 5.26 Å². The first-order chi connectivity index (χ1) is 11.8. The van der Waals surface area contributed by atoms with Crippen molar-refractivity contribution >= 4 is 32.7 Å². The van der Waals surface area contributed by atoms with Crippen molar-refractivity contribution < 1.29 is 0 Å². The van der Waals surface area contributed by atoms with Gasteiger partial charge < -0.3 is 10.4 Å². The Morgan fingerprint density at radius 3 is 2.75 bits per heavy atom. The number of para-hydroxylation sites is 2. The number of nitrogens with one attached hydrogen (secondary N) is 2. The van der Waals surface area contributed by atoms with Gasteiger partial charge in [0, 0.05) is 11.0 Å². The molecular weight excluding hydrogens is 366 g/mol. The summed E-state index contributed by atoms with van der Waals surface area (Å²) in [7, 11) is 0. The molecule has 0 aliphatic rings. The number of hydrogen-bond donors (Lipinski definition) is 2. The summed E-state index contributed by atoms with van der Waals surface area (Å²) in [5.74, 6) is 0.861. The lowest BCUT2D eigenvalue weighted by molar-refractivity contribution is 0.744. The van der Waals surface area contributed by atoms with E-state index in [4.69, 9.17) is 5.26 Å². The van der Waals surface area contributed by atoms with E-state index in [1.807, 2.05) is 48.5 Å². The zero-order valence-corrected chi connectivity index (χ0v) is 14.5. The van der Waals surface area contributed by atoms with Gasteiger partial charge in [-0.3, -0.25) is 0 Å². The molecule has 3 rings (SSSR count). The predicted octanol–water partition coefficient (Wildman–Crippen LogP) is 3.78. The molecule has 0 saturated heterocycles. The summed E-state index contributed by atoms with van der Waals surface area (Å²) >= 11 is 3.45. The van der Waals surface area contributed by atoms with Crippen LogP contribution in [0.4, 0.5) is 0 Å². The molecular formula is C18H16BrN5. The summed E-state index contributed by atoms with van der Waals surface area (Å²) in [6.45, 7) is 0.524. The molecule has 24 heavy (non-hydrogen) atoms. The Labute approximate surface area is 148 Å². The normalized spacial score (nSPS) is 11.4. The minimum atomic E-state index is 0.418. The SMILES string of the molecule is N#CCCN/N=C(\Cc1nc2ccccc2[nH]1)c1ccc(Br)cc1. The van der Waals surface area contributed by atoms with Gasteiger partial charge >= 0.3 is 0 Å². The predicted molar refractivity (Wildman–Crippen MR) is 98.7 cm³/mol. The molecule has 0 fully saturated rings. The topological polar surface area (TPSA) is 76.9 Å². The van der Waals surface area contributed by atoms with E-state index in [1.165, 1.54) is 0 Å². The minimum Gasteiger partial charge on any atom is -0.342 e. The highest BCUT2D eigenvalue weighted by Crippen LogP contribution is 2.15. The zero-order chi connectivity index (χ0) is 16.8. The van der Waals surface area contributed by atoms with Crippen molar-refractivity contribution in [3.05, 3.63) is 64.4 Å². The third kappa shape index (κ3) is 4.00. The maximum Gasteiger partial charge on any atom is 0.113 e. The van der Waals surface area contributed by atoms with Crippen LogP contribution in [0.3, 0.4) is 0 Å².